The molecule has 1 aromatic carbocycles. The fourth-order valence-electron chi connectivity index (χ4n) is 2.04. The van der Waals surface area contributed by atoms with Gasteiger partial charge in [0.1, 0.15) is 10.7 Å². The maximum absolute atomic E-state index is 12.1. The third kappa shape index (κ3) is 3.81. The number of aryl methyl sites for hydroxylation is 1. The molecular formula is C16H18O4S2. The third-order valence-corrected chi connectivity index (χ3v) is 5.20. The zero-order valence-corrected chi connectivity index (χ0v) is 14.5. The summed E-state index contributed by atoms with van der Waals surface area (Å²) in [6.45, 7) is 5.72. The van der Waals surface area contributed by atoms with Crippen LogP contribution in [0.4, 0.5) is 0 Å². The van der Waals surface area contributed by atoms with Crippen LogP contribution in [0.5, 0.6) is 0 Å². The molecule has 1 heterocycles. The molecule has 2 rings (SSSR count). The van der Waals surface area contributed by atoms with Crippen LogP contribution in [0.2, 0.25) is 0 Å². The summed E-state index contributed by atoms with van der Waals surface area (Å²) in [6, 6.07) is 8.35. The lowest BCUT2D eigenvalue weighted by molar-refractivity contribution is 0.466. The van der Waals surface area contributed by atoms with Crippen molar-refractivity contribution >= 4 is 21.6 Å². The Labute approximate surface area is 134 Å². The van der Waals surface area contributed by atoms with Crippen LogP contribution >= 0.6 is 11.8 Å². The summed E-state index contributed by atoms with van der Waals surface area (Å²) >= 11 is 1.44. The second-order valence-electron chi connectivity index (χ2n) is 5.35. The van der Waals surface area contributed by atoms with Crippen LogP contribution in [-0.4, -0.2) is 19.9 Å². The van der Waals surface area contributed by atoms with Crippen LogP contribution in [0.25, 0.3) is 11.1 Å². The second-order valence-corrected chi connectivity index (χ2v) is 8.95. The lowest BCUT2D eigenvalue weighted by Crippen LogP contribution is -2.07. The molecule has 0 amide bonds. The van der Waals surface area contributed by atoms with Crippen molar-refractivity contribution in [2.75, 3.05) is 6.26 Å². The monoisotopic (exact) mass is 338 g/mol. The molecule has 118 valence electrons. The van der Waals surface area contributed by atoms with E-state index in [1.165, 1.54) is 18.0 Å². The molecule has 6 heteroatoms. The molecule has 0 fully saturated rings. The number of hydrogen-bond acceptors (Lipinski definition) is 5. The smallest absolute Gasteiger partial charge is 0.350 e. The van der Waals surface area contributed by atoms with Crippen LogP contribution < -0.4 is 5.63 Å². The largest absolute Gasteiger partial charge is 0.427 e. The van der Waals surface area contributed by atoms with Gasteiger partial charge in [-0.25, -0.2) is 13.2 Å². The van der Waals surface area contributed by atoms with Gasteiger partial charge in [-0.15, -0.1) is 11.8 Å². The molecule has 0 radical (unpaired) electrons. The fourth-order valence-corrected chi connectivity index (χ4v) is 3.59. The summed E-state index contributed by atoms with van der Waals surface area (Å²) in [5, 5.41) is 0.236. The fraction of sp³-hybridized carbons (Fsp3) is 0.312. The lowest BCUT2D eigenvalue weighted by Gasteiger charge is -2.11. The van der Waals surface area contributed by atoms with Gasteiger partial charge in [0.15, 0.2) is 9.84 Å². The van der Waals surface area contributed by atoms with Crippen molar-refractivity contribution < 1.29 is 12.8 Å². The summed E-state index contributed by atoms with van der Waals surface area (Å²) in [6.07, 6.45) is 1.17. The molecule has 0 saturated heterocycles. The van der Waals surface area contributed by atoms with Crippen molar-refractivity contribution in [3.8, 4) is 11.1 Å². The van der Waals surface area contributed by atoms with Crippen molar-refractivity contribution in [2.45, 2.75) is 35.8 Å². The number of thioether (sulfide) groups is 1. The van der Waals surface area contributed by atoms with E-state index in [9.17, 15) is 13.2 Å². The number of sulfone groups is 1. The van der Waals surface area contributed by atoms with Crippen LogP contribution in [0.3, 0.4) is 0 Å². The van der Waals surface area contributed by atoms with Crippen LogP contribution in [-0.2, 0) is 9.84 Å². The summed E-state index contributed by atoms with van der Waals surface area (Å²) in [5.41, 5.74) is 1.21. The molecule has 0 spiro atoms. The Morgan fingerprint density at radius 3 is 2.23 bits per heavy atom. The van der Waals surface area contributed by atoms with E-state index in [0.717, 1.165) is 11.1 Å². The predicted octanol–water partition coefficient (Wildman–Crippen LogP) is 3.52. The van der Waals surface area contributed by atoms with E-state index in [2.05, 4.69) is 0 Å². The molecule has 0 N–H and O–H groups in total. The molecule has 2 aromatic rings. The van der Waals surface area contributed by atoms with E-state index in [4.69, 9.17) is 4.42 Å². The average molecular weight is 338 g/mol. The maximum atomic E-state index is 12.1. The van der Waals surface area contributed by atoms with Gasteiger partial charge in [0.05, 0.1) is 4.90 Å². The van der Waals surface area contributed by atoms with Gasteiger partial charge in [0.25, 0.3) is 0 Å². The van der Waals surface area contributed by atoms with Gasteiger partial charge in [0, 0.05) is 17.1 Å². The summed E-state index contributed by atoms with van der Waals surface area (Å²) in [4.78, 5) is 12.9. The van der Waals surface area contributed by atoms with Gasteiger partial charge in [0.2, 0.25) is 0 Å². The summed E-state index contributed by atoms with van der Waals surface area (Å²) < 4.78 is 28.2. The highest BCUT2D eigenvalue weighted by Gasteiger charge is 2.15. The van der Waals surface area contributed by atoms with Gasteiger partial charge in [-0.3, -0.25) is 0 Å². The average Bonchev–Trinajstić information content (AvgIpc) is 2.40. The van der Waals surface area contributed by atoms with Crippen LogP contribution in [0.1, 0.15) is 19.6 Å². The Morgan fingerprint density at radius 2 is 1.73 bits per heavy atom. The van der Waals surface area contributed by atoms with Crippen molar-refractivity contribution in [1.29, 1.82) is 0 Å². The first-order valence-electron chi connectivity index (χ1n) is 6.80. The molecule has 0 unspecified atom stereocenters. The first-order chi connectivity index (χ1) is 10.2. The van der Waals surface area contributed by atoms with E-state index in [1.807, 2.05) is 19.9 Å². The highest BCUT2D eigenvalue weighted by molar-refractivity contribution is 8.00. The third-order valence-electron chi connectivity index (χ3n) is 2.98. The molecule has 0 bridgehead atoms. The van der Waals surface area contributed by atoms with Crippen LogP contribution in [0.15, 0.2) is 49.3 Å². The molecule has 0 aliphatic carbocycles. The van der Waals surface area contributed by atoms with E-state index < -0.39 is 9.84 Å². The normalized spacial score (nSPS) is 11.9. The first-order valence-corrected chi connectivity index (χ1v) is 9.57. The highest BCUT2D eigenvalue weighted by Crippen LogP contribution is 2.32. The molecule has 0 aliphatic heterocycles. The Kier molecular flexibility index (Phi) is 4.82. The van der Waals surface area contributed by atoms with Gasteiger partial charge in [-0.2, -0.15) is 0 Å². The van der Waals surface area contributed by atoms with Crippen molar-refractivity contribution in [3.63, 3.8) is 0 Å². The minimum absolute atomic E-state index is 0.236. The van der Waals surface area contributed by atoms with E-state index in [0.29, 0.717) is 10.7 Å². The molecule has 0 saturated carbocycles. The Bertz CT molecular complexity index is 831. The minimum atomic E-state index is -3.23. The summed E-state index contributed by atoms with van der Waals surface area (Å²) in [7, 11) is -3.23. The molecule has 0 aliphatic rings. The quantitative estimate of drug-likeness (QED) is 0.798. The molecule has 22 heavy (non-hydrogen) atoms. The Morgan fingerprint density at radius 1 is 1.14 bits per heavy atom. The van der Waals surface area contributed by atoms with Gasteiger partial charge >= 0.3 is 5.63 Å². The first kappa shape index (κ1) is 16.8. The molecule has 0 atom stereocenters. The van der Waals surface area contributed by atoms with E-state index >= 15 is 0 Å². The number of hydrogen-bond donors (Lipinski definition) is 0. The van der Waals surface area contributed by atoms with Crippen molar-refractivity contribution in [2.24, 2.45) is 0 Å². The van der Waals surface area contributed by atoms with E-state index in [-0.39, 0.29) is 15.8 Å². The van der Waals surface area contributed by atoms with Crippen LogP contribution in [0, 0.1) is 6.92 Å². The minimum Gasteiger partial charge on any atom is -0.427 e. The predicted molar refractivity (Wildman–Crippen MR) is 89.3 cm³/mol. The highest BCUT2D eigenvalue weighted by atomic mass is 32.2. The second kappa shape index (κ2) is 6.30. The molecule has 1 aromatic heterocycles. The Balaban J connectivity index is 2.59. The molecular weight excluding hydrogens is 320 g/mol. The lowest BCUT2D eigenvalue weighted by atomic mass is 10.1. The molecule has 4 nitrogen and oxygen atoms in total. The van der Waals surface area contributed by atoms with Gasteiger partial charge < -0.3 is 4.42 Å². The topological polar surface area (TPSA) is 64.3 Å². The summed E-state index contributed by atoms with van der Waals surface area (Å²) in [5.74, 6) is 0.528. The van der Waals surface area contributed by atoms with Gasteiger partial charge in [-0.05, 0) is 30.7 Å². The SMILES string of the molecule is Cc1cc(-c2ccc(S(C)(=O)=O)cc2)c(SC(C)C)c(=O)o1. The zero-order valence-electron chi connectivity index (χ0n) is 12.9. The Hall–Kier alpha value is -1.53. The number of rotatable bonds is 4. The van der Waals surface area contributed by atoms with E-state index in [1.54, 1.807) is 31.2 Å². The van der Waals surface area contributed by atoms with Crippen molar-refractivity contribution in [3.05, 3.63) is 46.5 Å². The zero-order chi connectivity index (χ0) is 16.5. The maximum Gasteiger partial charge on any atom is 0.350 e. The van der Waals surface area contributed by atoms with Crippen molar-refractivity contribution in [1.82, 2.24) is 0 Å². The standard InChI is InChI=1S/C16H18O4S2/c1-10(2)21-15-14(9-11(3)20-16(15)17)12-5-7-13(8-6-12)22(4,18)19/h5-10H,1-4H3. The number of benzene rings is 1. The van der Waals surface area contributed by atoms with Gasteiger partial charge in [-0.1, -0.05) is 26.0 Å².